The number of furan rings is 1. The summed E-state index contributed by atoms with van der Waals surface area (Å²) in [5, 5.41) is 15.2. The first kappa shape index (κ1) is 22.4. The number of aliphatic hydroxyl groups excluding tert-OH is 1. The molecule has 2 aliphatic rings. The van der Waals surface area contributed by atoms with E-state index in [-0.39, 0.29) is 36.5 Å². The van der Waals surface area contributed by atoms with E-state index in [0.717, 1.165) is 24.3 Å². The summed E-state index contributed by atoms with van der Waals surface area (Å²) < 4.78 is 5.62. The third kappa shape index (κ3) is 5.17. The molecule has 2 aliphatic heterocycles. The number of nitrogens with zero attached hydrogens (tertiary/aromatic N) is 3. The van der Waals surface area contributed by atoms with Gasteiger partial charge in [-0.2, -0.15) is 0 Å². The monoisotopic (exact) mass is 441 g/mol. The molecule has 2 aromatic heterocycles. The van der Waals surface area contributed by atoms with Crippen LogP contribution in [0.1, 0.15) is 36.3 Å². The second-order valence-corrected chi connectivity index (χ2v) is 8.54. The standard InChI is InChI=1S/C23H31N5O4/c1-27-17(4-7-21(30)25-12-16-3-2-9-24-11-16)13-26-23(31)22-20(27)8-10-28(22)14-18-5-6-19(15-29)32-18/h2-3,5-6,9,11,17,20,22,29H,4,7-8,10,12-15H2,1H3,(H,25,30)(H,26,31)/t17-,20-,22-/m0/s1. The predicted octanol–water partition coefficient (Wildman–Crippen LogP) is 0.637. The Morgan fingerprint density at radius 3 is 2.94 bits per heavy atom. The first-order valence-corrected chi connectivity index (χ1v) is 11.1. The number of aliphatic hydroxyl groups is 1. The highest BCUT2D eigenvalue weighted by Gasteiger charge is 2.45. The number of carbonyl (C=O) groups excluding carboxylic acids is 2. The predicted molar refractivity (Wildman–Crippen MR) is 117 cm³/mol. The Labute approximate surface area is 187 Å². The van der Waals surface area contributed by atoms with Crippen molar-refractivity contribution in [3.63, 3.8) is 0 Å². The molecule has 172 valence electrons. The third-order valence-corrected chi connectivity index (χ3v) is 6.50. The van der Waals surface area contributed by atoms with Gasteiger partial charge in [0.15, 0.2) is 0 Å². The van der Waals surface area contributed by atoms with Crippen LogP contribution in [0, 0.1) is 0 Å². The smallest absolute Gasteiger partial charge is 0.239 e. The fourth-order valence-corrected chi connectivity index (χ4v) is 4.71. The van der Waals surface area contributed by atoms with Gasteiger partial charge in [-0.1, -0.05) is 6.07 Å². The molecule has 32 heavy (non-hydrogen) atoms. The first-order chi connectivity index (χ1) is 15.5. The highest BCUT2D eigenvalue weighted by Crippen LogP contribution is 2.29. The summed E-state index contributed by atoms with van der Waals surface area (Å²) in [6.07, 6.45) is 5.42. The van der Waals surface area contributed by atoms with Gasteiger partial charge in [0.2, 0.25) is 11.8 Å². The van der Waals surface area contributed by atoms with Gasteiger partial charge in [0.25, 0.3) is 0 Å². The molecule has 2 amide bonds. The van der Waals surface area contributed by atoms with Crippen molar-refractivity contribution in [2.45, 2.75) is 57.1 Å². The van der Waals surface area contributed by atoms with Crippen molar-refractivity contribution in [3.05, 3.63) is 53.7 Å². The third-order valence-electron chi connectivity index (χ3n) is 6.50. The van der Waals surface area contributed by atoms with Crippen LogP contribution in [0.2, 0.25) is 0 Å². The molecule has 3 N–H and O–H groups in total. The van der Waals surface area contributed by atoms with Crippen LogP contribution < -0.4 is 10.6 Å². The van der Waals surface area contributed by atoms with Crippen LogP contribution in [-0.2, 0) is 29.3 Å². The van der Waals surface area contributed by atoms with Gasteiger partial charge in [-0.25, -0.2) is 0 Å². The van der Waals surface area contributed by atoms with E-state index in [1.165, 1.54) is 0 Å². The lowest BCUT2D eigenvalue weighted by Crippen LogP contribution is -2.49. The van der Waals surface area contributed by atoms with Crippen molar-refractivity contribution in [3.8, 4) is 0 Å². The van der Waals surface area contributed by atoms with E-state index in [1.807, 2.05) is 18.2 Å². The van der Waals surface area contributed by atoms with E-state index in [4.69, 9.17) is 4.42 Å². The summed E-state index contributed by atoms with van der Waals surface area (Å²) in [5.41, 5.74) is 0.969. The van der Waals surface area contributed by atoms with Crippen molar-refractivity contribution in [2.24, 2.45) is 0 Å². The zero-order valence-corrected chi connectivity index (χ0v) is 18.4. The van der Waals surface area contributed by atoms with Crippen molar-refractivity contribution < 1.29 is 19.1 Å². The first-order valence-electron chi connectivity index (χ1n) is 11.1. The van der Waals surface area contributed by atoms with Gasteiger partial charge in [0, 0.05) is 50.5 Å². The summed E-state index contributed by atoms with van der Waals surface area (Å²) >= 11 is 0. The molecule has 9 heteroatoms. The van der Waals surface area contributed by atoms with Crippen LogP contribution >= 0.6 is 0 Å². The van der Waals surface area contributed by atoms with Gasteiger partial charge < -0.3 is 20.2 Å². The molecule has 4 rings (SSSR count). The number of aromatic nitrogens is 1. The summed E-state index contributed by atoms with van der Waals surface area (Å²) in [5.74, 6) is 1.30. The van der Waals surface area contributed by atoms with Gasteiger partial charge >= 0.3 is 0 Å². The fraction of sp³-hybridized carbons (Fsp3) is 0.522. The van der Waals surface area contributed by atoms with Gasteiger partial charge in [-0.05, 0) is 43.7 Å². The fourth-order valence-electron chi connectivity index (χ4n) is 4.71. The largest absolute Gasteiger partial charge is 0.462 e. The lowest BCUT2D eigenvalue weighted by molar-refractivity contribution is -0.126. The number of rotatable bonds is 8. The summed E-state index contributed by atoms with van der Waals surface area (Å²) in [6, 6.07) is 7.33. The normalized spacial score (nSPS) is 24.1. The van der Waals surface area contributed by atoms with Crippen LogP contribution in [0.4, 0.5) is 0 Å². The Kier molecular flexibility index (Phi) is 7.19. The molecule has 0 saturated carbocycles. The topological polar surface area (TPSA) is 111 Å². The number of pyridine rings is 1. The SMILES string of the molecule is CN1[C@@H](CCC(=O)NCc2cccnc2)CNC(=O)[C@@H]2[C@@H]1CCN2Cc1ccc(CO)o1. The number of likely N-dealkylation sites (tertiary alicyclic amines) is 1. The van der Waals surface area contributed by atoms with Crippen molar-refractivity contribution in [1.82, 2.24) is 25.4 Å². The van der Waals surface area contributed by atoms with Gasteiger partial charge in [0.05, 0.1) is 6.54 Å². The maximum absolute atomic E-state index is 12.9. The molecule has 2 aromatic rings. The summed E-state index contributed by atoms with van der Waals surface area (Å²) in [7, 11) is 2.05. The highest BCUT2D eigenvalue weighted by molar-refractivity contribution is 5.83. The van der Waals surface area contributed by atoms with E-state index in [1.54, 1.807) is 18.5 Å². The molecular weight excluding hydrogens is 410 g/mol. The maximum atomic E-state index is 12.9. The van der Waals surface area contributed by atoms with E-state index in [2.05, 4.69) is 32.5 Å². The Balaban J connectivity index is 1.32. The van der Waals surface area contributed by atoms with Crippen molar-refractivity contribution in [1.29, 1.82) is 0 Å². The van der Waals surface area contributed by atoms with Crippen LogP contribution in [0.15, 0.2) is 41.1 Å². The molecule has 0 aliphatic carbocycles. The summed E-state index contributed by atoms with van der Waals surface area (Å²) in [4.78, 5) is 33.7. The molecule has 0 spiro atoms. The molecule has 2 saturated heterocycles. The quantitative estimate of drug-likeness (QED) is 0.551. The van der Waals surface area contributed by atoms with E-state index >= 15 is 0 Å². The Hall–Kier alpha value is -2.75. The molecule has 3 atom stereocenters. The highest BCUT2D eigenvalue weighted by atomic mass is 16.4. The number of carbonyl (C=O) groups is 2. The summed E-state index contributed by atoms with van der Waals surface area (Å²) in [6.45, 7) is 2.19. The molecule has 0 unspecified atom stereocenters. The number of fused-ring (bicyclic) bond motifs is 1. The molecular formula is C23H31N5O4. The molecule has 0 bridgehead atoms. The second kappa shape index (κ2) is 10.2. The van der Waals surface area contributed by atoms with Gasteiger partial charge in [-0.15, -0.1) is 0 Å². The van der Waals surface area contributed by atoms with Crippen molar-refractivity contribution in [2.75, 3.05) is 20.1 Å². The van der Waals surface area contributed by atoms with Gasteiger partial charge in [-0.3, -0.25) is 24.4 Å². The van der Waals surface area contributed by atoms with E-state index in [9.17, 15) is 14.7 Å². The lowest BCUT2D eigenvalue weighted by Gasteiger charge is -2.33. The van der Waals surface area contributed by atoms with Crippen LogP contribution in [-0.4, -0.2) is 70.0 Å². The minimum Gasteiger partial charge on any atom is -0.462 e. The molecule has 2 fully saturated rings. The van der Waals surface area contributed by atoms with Crippen molar-refractivity contribution >= 4 is 11.8 Å². The van der Waals surface area contributed by atoms with E-state index < -0.39 is 0 Å². The second-order valence-electron chi connectivity index (χ2n) is 8.54. The Morgan fingerprint density at radius 1 is 1.34 bits per heavy atom. The number of nitrogens with one attached hydrogen (secondary N) is 2. The average molecular weight is 442 g/mol. The Morgan fingerprint density at radius 2 is 2.19 bits per heavy atom. The maximum Gasteiger partial charge on any atom is 0.239 e. The minimum absolute atomic E-state index is 0.0000631. The minimum atomic E-state index is -0.257. The molecule has 0 aromatic carbocycles. The lowest BCUT2D eigenvalue weighted by atomic mass is 10.0. The number of likely N-dealkylation sites (N-methyl/N-ethyl adjacent to an activating group) is 1. The van der Waals surface area contributed by atoms with E-state index in [0.29, 0.717) is 38.2 Å². The Bertz CT molecular complexity index is 918. The molecule has 4 heterocycles. The van der Waals surface area contributed by atoms with Crippen LogP contribution in [0.5, 0.6) is 0 Å². The average Bonchev–Trinajstić information content (AvgIpc) is 3.42. The zero-order chi connectivity index (χ0) is 22.5. The van der Waals surface area contributed by atoms with Gasteiger partial charge in [0.1, 0.15) is 24.2 Å². The zero-order valence-electron chi connectivity index (χ0n) is 18.4. The number of hydrogen-bond acceptors (Lipinski definition) is 7. The number of amides is 2. The molecule has 0 radical (unpaired) electrons. The number of hydrogen-bond donors (Lipinski definition) is 3. The molecule has 9 nitrogen and oxygen atoms in total. The van der Waals surface area contributed by atoms with Crippen LogP contribution in [0.25, 0.3) is 0 Å². The van der Waals surface area contributed by atoms with Crippen LogP contribution in [0.3, 0.4) is 0 Å².